The van der Waals surface area contributed by atoms with Gasteiger partial charge in [0, 0.05) is 24.1 Å². The van der Waals surface area contributed by atoms with Crippen molar-refractivity contribution in [1.82, 2.24) is 10.3 Å². The van der Waals surface area contributed by atoms with Gasteiger partial charge in [0.15, 0.2) is 0 Å². The second kappa shape index (κ2) is 7.04. The van der Waals surface area contributed by atoms with Crippen LogP contribution < -0.4 is 5.32 Å². The van der Waals surface area contributed by atoms with Crippen molar-refractivity contribution >= 4 is 23.3 Å². The van der Waals surface area contributed by atoms with Gasteiger partial charge >= 0.3 is 0 Å². The Kier molecular flexibility index (Phi) is 4.82. The van der Waals surface area contributed by atoms with Crippen LogP contribution in [0.5, 0.6) is 0 Å². The monoisotopic (exact) mass is 353 g/mol. The molecule has 1 aliphatic rings. The van der Waals surface area contributed by atoms with E-state index in [9.17, 15) is 9.59 Å². The molecule has 25 heavy (non-hydrogen) atoms. The van der Waals surface area contributed by atoms with Gasteiger partial charge in [-0.15, -0.1) is 0 Å². The maximum Gasteiger partial charge on any atom is 0.271 e. The summed E-state index contributed by atoms with van der Waals surface area (Å²) in [7, 11) is 0. The number of hydrogen-bond donors (Lipinski definition) is 1. The average molecular weight is 354 g/mol. The van der Waals surface area contributed by atoms with E-state index in [0.29, 0.717) is 23.4 Å². The predicted molar refractivity (Wildman–Crippen MR) is 93.1 cm³/mol. The predicted octanol–water partition coefficient (Wildman–Crippen LogP) is 2.88. The number of hydrogen-bond acceptors (Lipinski definition) is 4. The minimum Gasteiger partial charge on any atom is -0.332 e. The third-order valence-corrected chi connectivity index (χ3v) is 4.49. The Morgan fingerprint density at radius 1 is 1.24 bits per heavy atom. The quantitative estimate of drug-likeness (QED) is 0.865. The zero-order chi connectivity index (χ0) is 17.9. The molecule has 0 radical (unpaired) electrons. The molecule has 2 aromatic rings. The average Bonchev–Trinajstić information content (AvgIpc) is 3.37. The van der Waals surface area contributed by atoms with E-state index in [2.05, 4.69) is 16.4 Å². The first-order chi connectivity index (χ1) is 12.0. The summed E-state index contributed by atoms with van der Waals surface area (Å²) in [6.45, 7) is 0. The summed E-state index contributed by atoms with van der Waals surface area (Å²) in [5, 5.41) is 12.3. The van der Waals surface area contributed by atoms with Crippen molar-refractivity contribution < 1.29 is 9.59 Å². The van der Waals surface area contributed by atoms with Crippen LogP contribution in [0.4, 0.5) is 0 Å². The fourth-order valence-electron chi connectivity index (χ4n) is 2.52. The first-order valence-corrected chi connectivity index (χ1v) is 8.33. The van der Waals surface area contributed by atoms with Gasteiger partial charge in [0.25, 0.3) is 5.91 Å². The number of carbonyl (C=O) groups excluding carboxylic acids is 2. The molecule has 0 unspecified atom stereocenters. The number of ketones is 1. The van der Waals surface area contributed by atoms with Crippen LogP contribution in [-0.2, 0) is 17.6 Å². The lowest BCUT2D eigenvalue weighted by Gasteiger charge is -2.09. The Balaban J connectivity index is 1.65. The van der Waals surface area contributed by atoms with E-state index >= 15 is 0 Å². The van der Waals surface area contributed by atoms with Crippen molar-refractivity contribution in [3.05, 3.63) is 64.4 Å². The molecule has 3 rings (SSSR count). The molecule has 0 aliphatic heterocycles. The van der Waals surface area contributed by atoms with Gasteiger partial charge in [0.1, 0.15) is 17.0 Å². The molecule has 0 bridgehead atoms. The maximum atomic E-state index is 12.3. The number of nitrogens with zero attached hydrogens (tertiary/aromatic N) is 2. The Morgan fingerprint density at radius 3 is 2.68 bits per heavy atom. The highest BCUT2D eigenvalue weighted by molar-refractivity contribution is 6.31. The second-order valence-corrected chi connectivity index (χ2v) is 6.59. The number of nitrogens with one attached hydrogen (secondary N) is 1. The summed E-state index contributed by atoms with van der Waals surface area (Å²) in [6.07, 6.45) is 3.24. The largest absolute Gasteiger partial charge is 0.332 e. The number of halogens is 1. The third-order valence-electron chi connectivity index (χ3n) is 4.12. The molecule has 1 amide bonds. The Morgan fingerprint density at radius 2 is 2.00 bits per heavy atom. The van der Waals surface area contributed by atoms with Crippen LogP contribution in [-0.4, -0.2) is 22.2 Å². The summed E-state index contributed by atoms with van der Waals surface area (Å²) in [5.41, 5.74) is 0.962. The van der Waals surface area contributed by atoms with Crippen LogP contribution in [0.15, 0.2) is 42.6 Å². The van der Waals surface area contributed by atoms with Gasteiger partial charge in [0.05, 0.1) is 6.07 Å². The van der Waals surface area contributed by atoms with E-state index in [4.69, 9.17) is 16.9 Å². The van der Waals surface area contributed by atoms with Gasteiger partial charge in [-0.25, -0.2) is 0 Å². The van der Waals surface area contributed by atoms with Crippen LogP contribution >= 0.6 is 11.6 Å². The number of rotatable bonds is 6. The number of aromatic nitrogens is 1. The summed E-state index contributed by atoms with van der Waals surface area (Å²) < 4.78 is 0. The van der Waals surface area contributed by atoms with E-state index in [-0.39, 0.29) is 30.2 Å². The molecule has 1 aliphatic carbocycles. The molecule has 126 valence electrons. The van der Waals surface area contributed by atoms with Gasteiger partial charge < -0.3 is 5.32 Å². The minimum atomic E-state index is -0.741. The Hall–Kier alpha value is -2.71. The Bertz CT molecular complexity index is 869. The molecule has 0 spiro atoms. The SMILES string of the molecule is N#CC1(NC(=O)c2cc(CC(=O)Cc3ccccc3Cl)ccn2)CC1. The summed E-state index contributed by atoms with van der Waals surface area (Å²) >= 11 is 6.08. The van der Waals surface area contributed by atoms with Crippen LogP contribution in [0.3, 0.4) is 0 Å². The van der Waals surface area contributed by atoms with Crippen LogP contribution in [0, 0.1) is 11.3 Å². The fourth-order valence-corrected chi connectivity index (χ4v) is 2.73. The summed E-state index contributed by atoms with van der Waals surface area (Å²) in [4.78, 5) is 28.5. The number of Topliss-reactive ketones (excluding diaryl/α,β-unsaturated/α-hetero) is 1. The lowest BCUT2D eigenvalue weighted by Crippen LogP contribution is -2.36. The van der Waals surface area contributed by atoms with Gasteiger partial charge in [-0.2, -0.15) is 5.26 Å². The molecule has 1 aromatic heterocycles. The smallest absolute Gasteiger partial charge is 0.271 e. The van der Waals surface area contributed by atoms with Crippen molar-refractivity contribution in [2.45, 2.75) is 31.2 Å². The molecule has 1 heterocycles. The number of pyridine rings is 1. The molecule has 1 saturated carbocycles. The molecule has 1 fully saturated rings. The van der Waals surface area contributed by atoms with Crippen molar-refractivity contribution in [3.8, 4) is 6.07 Å². The number of benzene rings is 1. The summed E-state index contributed by atoms with van der Waals surface area (Å²) in [6, 6.07) is 12.6. The van der Waals surface area contributed by atoms with E-state index < -0.39 is 5.54 Å². The first-order valence-electron chi connectivity index (χ1n) is 7.95. The van der Waals surface area contributed by atoms with E-state index in [0.717, 1.165) is 5.56 Å². The van der Waals surface area contributed by atoms with Crippen LogP contribution in [0.25, 0.3) is 0 Å². The molecule has 0 saturated heterocycles. The van der Waals surface area contributed by atoms with Crippen molar-refractivity contribution in [3.63, 3.8) is 0 Å². The fraction of sp³-hybridized carbons (Fsp3) is 0.263. The second-order valence-electron chi connectivity index (χ2n) is 6.18. The van der Waals surface area contributed by atoms with Crippen LogP contribution in [0.1, 0.15) is 34.5 Å². The number of carbonyl (C=O) groups is 2. The maximum absolute atomic E-state index is 12.3. The lowest BCUT2D eigenvalue weighted by molar-refractivity contribution is -0.117. The highest BCUT2D eigenvalue weighted by Crippen LogP contribution is 2.34. The van der Waals surface area contributed by atoms with Gasteiger partial charge in [0.2, 0.25) is 0 Å². The summed E-state index contributed by atoms with van der Waals surface area (Å²) in [5.74, 6) is -0.388. The lowest BCUT2D eigenvalue weighted by atomic mass is 10.0. The zero-order valence-corrected chi connectivity index (χ0v) is 14.2. The first kappa shape index (κ1) is 17.1. The minimum absolute atomic E-state index is 0.00125. The standard InChI is InChI=1S/C19H16ClN3O2/c20-16-4-2-1-3-14(16)11-15(24)9-13-5-8-22-17(10-13)18(25)23-19(12-21)6-7-19/h1-5,8,10H,6-7,9,11H2,(H,23,25). The zero-order valence-electron chi connectivity index (χ0n) is 13.5. The molecular formula is C19H16ClN3O2. The van der Waals surface area contributed by atoms with Crippen LogP contribution in [0.2, 0.25) is 5.02 Å². The van der Waals surface area contributed by atoms with E-state index in [1.54, 1.807) is 18.2 Å². The molecule has 1 N–H and O–H groups in total. The van der Waals surface area contributed by atoms with E-state index in [1.807, 2.05) is 18.2 Å². The third kappa shape index (κ3) is 4.23. The van der Waals surface area contributed by atoms with Crippen molar-refractivity contribution in [2.24, 2.45) is 0 Å². The molecule has 0 atom stereocenters. The number of amides is 1. The molecule has 6 heteroatoms. The highest BCUT2D eigenvalue weighted by Gasteiger charge is 2.44. The molecule has 1 aromatic carbocycles. The van der Waals surface area contributed by atoms with Gasteiger partial charge in [-0.1, -0.05) is 29.8 Å². The van der Waals surface area contributed by atoms with Gasteiger partial charge in [-0.3, -0.25) is 14.6 Å². The number of nitriles is 1. The van der Waals surface area contributed by atoms with Crippen molar-refractivity contribution in [1.29, 1.82) is 5.26 Å². The highest BCUT2D eigenvalue weighted by atomic mass is 35.5. The topological polar surface area (TPSA) is 82.9 Å². The Labute approximate surface area is 150 Å². The van der Waals surface area contributed by atoms with Gasteiger partial charge in [-0.05, 0) is 42.2 Å². The normalized spacial score (nSPS) is 14.4. The van der Waals surface area contributed by atoms with Crippen molar-refractivity contribution in [2.75, 3.05) is 0 Å². The molecular weight excluding hydrogens is 338 g/mol. The molecule has 5 nitrogen and oxygen atoms in total. The van der Waals surface area contributed by atoms with E-state index in [1.165, 1.54) is 6.20 Å².